The summed E-state index contributed by atoms with van der Waals surface area (Å²) < 4.78 is 16.8. The lowest BCUT2D eigenvalue weighted by Crippen LogP contribution is -2.40. The van der Waals surface area contributed by atoms with Gasteiger partial charge in [-0.05, 0) is 37.6 Å². The van der Waals surface area contributed by atoms with Crippen LogP contribution in [-0.2, 0) is 16.1 Å². The van der Waals surface area contributed by atoms with E-state index in [0.717, 1.165) is 56.2 Å². The molecule has 1 aliphatic heterocycles. The van der Waals surface area contributed by atoms with E-state index in [1.807, 2.05) is 44.2 Å². The van der Waals surface area contributed by atoms with Crippen molar-refractivity contribution in [3.63, 3.8) is 0 Å². The van der Waals surface area contributed by atoms with Gasteiger partial charge in [0.05, 0.1) is 19.8 Å². The molecule has 3 rings (SSSR count). The normalized spacial score (nSPS) is 14.2. The summed E-state index contributed by atoms with van der Waals surface area (Å²) in [5, 5.41) is 6.82. The second kappa shape index (κ2) is 12.6. The third-order valence-corrected chi connectivity index (χ3v) is 5.48. The average molecular weight is 462 g/mol. The topological polar surface area (TPSA) is 72.1 Å². The zero-order chi connectivity index (χ0) is 22.8. The minimum Gasteiger partial charge on any atom is -0.490 e. The predicted octanol–water partition coefficient (Wildman–Crippen LogP) is 3.49. The minimum absolute atomic E-state index is 0.137. The van der Waals surface area contributed by atoms with Gasteiger partial charge in [-0.15, -0.1) is 0 Å². The van der Waals surface area contributed by atoms with Crippen molar-refractivity contribution in [1.82, 2.24) is 10.2 Å². The first-order chi connectivity index (χ1) is 15.5. The molecule has 32 heavy (non-hydrogen) atoms. The van der Waals surface area contributed by atoms with Crippen molar-refractivity contribution in [2.75, 3.05) is 57.9 Å². The quantitative estimate of drug-likeness (QED) is 0.499. The molecule has 1 saturated heterocycles. The number of halogens is 1. The number of hydrogen-bond donors (Lipinski definition) is 2. The number of aryl methyl sites for hydroxylation is 1. The van der Waals surface area contributed by atoms with Crippen LogP contribution in [0.2, 0.25) is 5.02 Å². The number of anilines is 1. The highest BCUT2D eigenvalue weighted by molar-refractivity contribution is 6.31. The smallest absolute Gasteiger partial charge is 0.262 e. The van der Waals surface area contributed by atoms with Gasteiger partial charge < -0.3 is 24.8 Å². The number of morpholine rings is 1. The fraction of sp³-hybridized carbons (Fsp3) is 0.458. The Morgan fingerprint density at radius 3 is 2.56 bits per heavy atom. The maximum atomic E-state index is 12.3. The number of nitrogens with zero attached hydrogens (tertiary/aromatic N) is 1. The maximum Gasteiger partial charge on any atom is 0.262 e. The molecule has 2 aromatic rings. The molecule has 0 bridgehead atoms. The van der Waals surface area contributed by atoms with Crippen LogP contribution in [0.4, 0.5) is 5.69 Å². The summed E-state index contributed by atoms with van der Waals surface area (Å²) in [5.74, 6) is 0.777. The SMILES string of the molecule is CCOc1cc(CNCCN2CCOCC2)c(Cl)cc1OCC(=O)Nc1ccc(C)cc1. The van der Waals surface area contributed by atoms with Crippen molar-refractivity contribution < 1.29 is 19.0 Å². The van der Waals surface area contributed by atoms with Gasteiger partial charge in [0.15, 0.2) is 18.1 Å². The summed E-state index contributed by atoms with van der Waals surface area (Å²) >= 11 is 6.49. The lowest BCUT2D eigenvalue weighted by atomic mass is 10.2. The van der Waals surface area contributed by atoms with E-state index < -0.39 is 0 Å². The number of amides is 1. The number of nitrogens with one attached hydrogen (secondary N) is 2. The Balaban J connectivity index is 1.53. The minimum atomic E-state index is -0.249. The lowest BCUT2D eigenvalue weighted by Gasteiger charge is -2.26. The molecular weight excluding hydrogens is 430 g/mol. The van der Waals surface area contributed by atoms with Crippen molar-refractivity contribution in [2.45, 2.75) is 20.4 Å². The number of benzene rings is 2. The first-order valence-electron chi connectivity index (χ1n) is 11.0. The Bertz CT molecular complexity index is 870. The zero-order valence-corrected chi connectivity index (χ0v) is 19.5. The van der Waals surface area contributed by atoms with Gasteiger partial charge in [-0.3, -0.25) is 9.69 Å². The van der Waals surface area contributed by atoms with Gasteiger partial charge in [0, 0.05) is 49.5 Å². The molecule has 0 atom stereocenters. The van der Waals surface area contributed by atoms with Crippen LogP contribution in [-0.4, -0.2) is 63.4 Å². The summed E-state index contributed by atoms with van der Waals surface area (Å²) in [7, 11) is 0. The third kappa shape index (κ3) is 7.67. The van der Waals surface area contributed by atoms with Crippen LogP contribution in [0.3, 0.4) is 0 Å². The molecule has 1 heterocycles. The van der Waals surface area contributed by atoms with E-state index in [1.165, 1.54) is 0 Å². The van der Waals surface area contributed by atoms with E-state index in [-0.39, 0.29) is 12.5 Å². The second-order valence-corrected chi connectivity index (χ2v) is 8.06. The van der Waals surface area contributed by atoms with Gasteiger partial charge in [-0.2, -0.15) is 0 Å². The average Bonchev–Trinajstić information content (AvgIpc) is 2.80. The van der Waals surface area contributed by atoms with Gasteiger partial charge in [-0.1, -0.05) is 29.3 Å². The molecule has 174 valence electrons. The summed E-state index contributed by atoms with van der Waals surface area (Å²) in [6, 6.07) is 11.2. The Morgan fingerprint density at radius 2 is 1.84 bits per heavy atom. The molecule has 7 nitrogen and oxygen atoms in total. The Morgan fingerprint density at radius 1 is 1.12 bits per heavy atom. The first-order valence-corrected chi connectivity index (χ1v) is 11.4. The van der Waals surface area contributed by atoms with E-state index in [1.54, 1.807) is 6.07 Å². The van der Waals surface area contributed by atoms with Crippen LogP contribution < -0.4 is 20.1 Å². The molecule has 1 aliphatic rings. The van der Waals surface area contributed by atoms with Crippen LogP contribution >= 0.6 is 11.6 Å². The monoisotopic (exact) mass is 461 g/mol. The van der Waals surface area contributed by atoms with Gasteiger partial charge in [-0.25, -0.2) is 0 Å². The number of carbonyl (C=O) groups excluding carboxylic acids is 1. The highest BCUT2D eigenvalue weighted by atomic mass is 35.5. The molecule has 0 radical (unpaired) electrons. The summed E-state index contributed by atoms with van der Waals surface area (Å²) in [6.45, 7) is 10.2. The molecule has 1 fully saturated rings. The largest absolute Gasteiger partial charge is 0.490 e. The number of rotatable bonds is 11. The molecule has 0 saturated carbocycles. The van der Waals surface area contributed by atoms with Gasteiger partial charge in [0.2, 0.25) is 0 Å². The van der Waals surface area contributed by atoms with E-state index in [0.29, 0.717) is 29.7 Å². The molecule has 0 aromatic heterocycles. The van der Waals surface area contributed by atoms with E-state index in [2.05, 4.69) is 15.5 Å². The number of ether oxygens (including phenoxy) is 3. The van der Waals surface area contributed by atoms with E-state index in [9.17, 15) is 4.79 Å². The number of carbonyl (C=O) groups is 1. The standard InChI is InChI=1S/C24H32ClN3O4/c1-3-31-22-14-19(16-26-8-9-28-10-12-30-13-11-28)21(25)15-23(22)32-17-24(29)27-20-6-4-18(2)5-7-20/h4-7,14-15,26H,3,8-13,16-17H2,1-2H3,(H,27,29). The molecular formula is C24H32ClN3O4. The Hall–Kier alpha value is -2.32. The molecule has 2 N–H and O–H groups in total. The van der Waals surface area contributed by atoms with Crippen LogP contribution in [0, 0.1) is 6.92 Å². The Labute approximate surface area is 195 Å². The second-order valence-electron chi connectivity index (χ2n) is 7.66. The molecule has 2 aromatic carbocycles. The van der Waals surface area contributed by atoms with E-state index in [4.69, 9.17) is 25.8 Å². The first kappa shape index (κ1) is 24.3. The molecule has 1 amide bonds. The maximum absolute atomic E-state index is 12.3. The van der Waals surface area contributed by atoms with Gasteiger partial charge >= 0.3 is 0 Å². The van der Waals surface area contributed by atoms with Crippen molar-refractivity contribution in [1.29, 1.82) is 0 Å². The predicted molar refractivity (Wildman–Crippen MR) is 127 cm³/mol. The van der Waals surface area contributed by atoms with Crippen LogP contribution in [0.1, 0.15) is 18.1 Å². The molecule has 0 spiro atoms. The van der Waals surface area contributed by atoms with Gasteiger partial charge in [0.25, 0.3) is 5.91 Å². The highest BCUT2D eigenvalue weighted by Crippen LogP contribution is 2.33. The summed E-state index contributed by atoms with van der Waals surface area (Å²) in [4.78, 5) is 14.6. The third-order valence-electron chi connectivity index (χ3n) is 5.13. The van der Waals surface area contributed by atoms with Gasteiger partial charge in [0.1, 0.15) is 0 Å². The van der Waals surface area contributed by atoms with Crippen molar-refractivity contribution >= 4 is 23.2 Å². The van der Waals surface area contributed by atoms with Crippen molar-refractivity contribution in [2.24, 2.45) is 0 Å². The summed E-state index contributed by atoms with van der Waals surface area (Å²) in [5.41, 5.74) is 2.78. The van der Waals surface area contributed by atoms with E-state index >= 15 is 0 Å². The molecule has 8 heteroatoms. The van der Waals surface area contributed by atoms with Crippen LogP contribution in [0.25, 0.3) is 0 Å². The molecule has 0 unspecified atom stereocenters. The fourth-order valence-electron chi connectivity index (χ4n) is 3.36. The Kier molecular flexibility index (Phi) is 9.62. The zero-order valence-electron chi connectivity index (χ0n) is 18.8. The van der Waals surface area contributed by atoms with Crippen LogP contribution in [0.15, 0.2) is 36.4 Å². The molecule has 0 aliphatic carbocycles. The fourth-order valence-corrected chi connectivity index (χ4v) is 3.58. The highest BCUT2D eigenvalue weighted by Gasteiger charge is 2.14. The number of hydrogen-bond acceptors (Lipinski definition) is 6. The van der Waals surface area contributed by atoms with Crippen LogP contribution in [0.5, 0.6) is 11.5 Å². The summed E-state index contributed by atoms with van der Waals surface area (Å²) in [6.07, 6.45) is 0. The van der Waals surface area contributed by atoms with Crippen molar-refractivity contribution in [3.8, 4) is 11.5 Å². The lowest BCUT2D eigenvalue weighted by molar-refractivity contribution is -0.118. The van der Waals surface area contributed by atoms with Crippen molar-refractivity contribution in [3.05, 3.63) is 52.5 Å².